The van der Waals surface area contributed by atoms with Crippen molar-refractivity contribution in [3.63, 3.8) is 0 Å². The number of nitrogens with two attached hydrogens (primary N) is 2. The number of carbonyl (C=O) groups is 1. The summed E-state index contributed by atoms with van der Waals surface area (Å²) in [6, 6.07) is 7.82. The molecule has 6 heteroatoms. The molecule has 0 aliphatic rings. The fourth-order valence-corrected chi connectivity index (χ4v) is 1.09. The fourth-order valence-electron chi connectivity index (χ4n) is 1.09. The van der Waals surface area contributed by atoms with Crippen LogP contribution >= 0.6 is 0 Å². The number of nitro groups is 1. The van der Waals surface area contributed by atoms with Crippen LogP contribution in [-0.2, 0) is 0 Å². The zero-order valence-corrected chi connectivity index (χ0v) is 7.92. The summed E-state index contributed by atoms with van der Waals surface area (Å²) in [5.74, 6) is -0.782. The van der Waals surface area contributed by atoms with E-state index in [1.54, 1.807) is 18.2 Å². The first-order chi connectivity index (χ1) is 7.02. The van der Waals surface area contributed by atoms with Crippen LogP contribution in [0.3, 0.4) is 0 Å². The first-order valence-corrected chi connectivity index (χ1v) is 4.25. The molecule has 0 aliphatic carbocycles. The summed E-state index contributed by atoms with van der Waals surface area (Å²) in [7, 11) is 0. The van der Waals surface area contributed by atoms with Gasteiger partial charge in [0, 0.05) is 5.56 Å². The summed E-state index contributed by atoms with van der Waals surface area (Å²) in [6.07, 6.45) is 0. The highest BCUT2D eigenvalue weighted by Crippen LogP contribution is 2.10. The number of benzene rings is 1. The number of rotatable bonds is 4. The Morgan fingerprint density at radius 1 is 1.40 bits per heavy atom. The lowest BCUT2D eigenvalue weighted by molar-refractivity contribution is -0.545. The molecule has 80 valence electrons. The van der Waals surface area contributed by atoms with Crippen molar-refractivity contribution in [2.45, 2.75) is 5.66 Å². The normalized spacial score (nSPS) is 14.3. The van der Waals surface area contributed by atoms with Gasteiger partial charge in [-0.1, -0.05) is 30.3 Å². The first kappa shape index (κ1) is 11.3. The number of carbonyl (C=O) groups excluding carboxylic acids is 1. The van der Waals surface area contributed by atoms with E-state index in [2.05, 4.69) is 0 Å². The summed E-state index contributed by atoms with van der Waals surface area (Å²) < 4.78 is 0. The second kappa shape index (κ2) is 4.16. The maximum absolute atomic E-state index is 11.7. The molecule has 0 heterocycles. The molecule has 0 aliphatic heterocycles. The standard InChI is InChI=1S/C9H11N3O3/c10-6-9(11,12(14)15)8(13)7-4-2-1-3-5-7/h1-5H,6,10-11H2. The van der Waals surface area contributed by atoms with Gasteiger partial charge in [-0.05, 0) is 0 Å². The summed E-state index contributed by atoms with van der Waals surface area (Å²) >= 11 is 0. The van der Waals surface area contributed by atoms with Gasteiger partial charge in [-0.3, -0.25) is 20.6 Å². The number of Topliss-reactive ketones (excluding diaryl/α,β-unsaturated/α-hetero) is 1. The molecule has 1 aromatic carbocycles. The molecule has 0 bridgehead atoms. The van der Waals surface area contributed by atoms with Gasteiger partial charge in [0.15, 0.2) is 0 Å². The Kier molecular flexibility index (Phi) is 3.13. The van der Waals surface area contributed by atoms with Gasteiger partial charge in [-0.15, -0.1) is 0 Å². The van der Waals surface area contributed by atoms with Crippen LogP contribution in [0.25, 0.3) is 0 Å². The maximum Gasteiger partial charge on any atom is 0.347 e. The van der Waals surface area contributed by atoms with Crippen molar-refractivity contribution in [2.24, 2.45) is 11.5 Å². The maximum atomic E-state index is 11.7. The summed E-state index contributed by atoms with van der Waals surface area (Å²) in [4.78, 5) is 21.5. The second-order valence-corrected chi connectivity index (χ2v) is 3.08. The zero-order valence-electron chi connectivity index (χ0n) is 7.92. The van der Waals surface area contributed by atoms with Crippen LogP contribution in [0, 0.1) is 10.1 Å². The van der Waals surface area contributed by atoms with Crippen molar-refractivity contribution < 1.29 is 9.72 Å². The zero-order chi connectivity index (χ0) is 11.5. The minimum Gasteiger partial charge on any atom is -0.323 e. The molecular weight excluding hydrogens is 198 g/mol. The van der Waals surface area contributed by atoms with E-state index in [-0.39, 0.29) is 5.56 Å². The molecule has 0 fully saturated rings. The van der Waals surface area contributed by atoms with Gasteiger partial charge in [-0.25, -0.2) is 0 Å². The Morgan fingerprint density at radius 3 is 2.33 bits per heavy atom. The van der Waals surface area contributed by atoms with Gasteiger partial charge in [0.1, 0.15) is 0 Å². The number of hydrogen-bond acceptors (Lipinski definition) is 5. The number of ketones is 1. The van der Waals surface area contributed by atoms with Crippen LogP contribution < -0.4 is 11.5 Å². The number of nitrogens with zero attached hydrogens (tertiary/aromatic N) is 1. The molecule has 1 unspecified atom stereocenters. The summed E-state index contributed by atoms with van der Waals surface area (Å²) in [5, 5.41) is 10.6. The highest BCUT2D eigenvalue weighted by atomic mass is 16.6. The lowest BCUT2D eigenvalue weighted by Gasteiger charge is -2.16. The van der Waals surface area contributed by atoms with E-state index in [4.69, 9.17) is 11.5 Å². The van der Waals surface area contributed by atoms with Gasteiger partial charge in [0.05, 0.1) is 11.5 Å². The van der Waals surface area contributed by atoms with E-state index in [1.807, 2.05) is 0 Å². The lowest BCUT2D eigenvalue weighted by atomic mass is 9.99. The first-order valence-electron chi connectivity index (χ1n) is 4.25. The molecule has 0 saturated carbocycles. The molecule has 6 nitrogen and oxygen atoms in total. The quantitative estimate of drug-likeness (QED) is 0.307. The molecule has 0 saturated heterocycles. The lowest BCUT2D eigenvalue weighted by Crippen LogP contribution is -2.60. The highest BCUT2D eigenvalue weighted by Gasteiger charge is 2.45. The molecule has 4 N–H and O–H groups in total. The van der Waals surface area contributed by atoms with E-state index in [0.29, 0.717) is 0 Å². The van der Waals surface area contributed by atoms with E-state index < -0.39 is 22.9 Å². The van der Waals surface area contributed by atoms with Crippen LogP contribution in [0.15, 0.2) is 30.3 Å². The van der Waals surface area contributed by atoms with Gasteiger partial charge in [-0.2, -0.15) is 0 Å². The SMILES string of the molecule is NCC(N)(C(=O)c1ccccc1)[N+](=O)[O-]. The summed E-state index contributed by atoms with van der Waals surface area (Å²) in [5.41, 5.74) is 8.45. The third-order valence-electron chi connectivity index (χ3n) is 2.07. The molecule has 15 heavy (non-hydrogen) atoms. The monoisotopic (exact) mass is 209 g/mol. The van der Waals surface area contributed by atoms with E-state index in [1.165, 1.54) is 12.1 Å². The highest BCUT2D eigenvalue weighted by molar-refractivity contribution is 6.01. The van der Waals surface area contributed by atoms with Crippen molar-refractivity contribution in [3.05, 3.63) is 46.0 Å². The molecule has 0 spiro atoms. The van der Waals surface area contributed by atoms with E-state index in [0.717, 1.165) is 0 Å². The van der Waals surface area contributed by atoms with Crippen molar-refractivity contribution >= 4 is 5.78 Å². The van der Waals surface area contributed by atoms with Crippen molar-refractivity contribution in [3.8, 4) is 0 Å². The molecule has 1 atom stereocenters. The van der Waals surface area contributed by atoms with Crippen LogP contribution in [0.4, 0.5) is 0 Å². The largest absolute Gasteiger partial charge is 0.347 e. The molecule has 1 rings (SSSR count). The van der Waals surface area contributed by atoms with Gasteiger partial charge < -0.3 is 5.73 Å². The second-order valence-electron chi connectivity index (χ2n) is 3.08. The minimum atomic E-state index is -2.23. The van der Waals surface area contributed by atoms with E-state index >= 15 is 0 Å². The van der Waals surface area contributed by atoms with Crippen LogP contribution in [-0.4, -0.2) is 22.9 Å². The predicted octanol–water partition coefficient (Wildman–Crippen LogP) is -0.240. The van der Waals surface area contributed by atoms with Crippen LogP contribution in [0.2, 0.25) is 0 Å². The van der Waals surface area contributed by atoms with Crippen molar-refractivity contribution in [2.75, 3.05) is 6.54 Å². The molecular formula is C9H11N3O3. The third kappa shape index (κ3) is 2.00. The van der Waals surface area contributed by atoms with Crippen LogP contribution in [0.1, 0.15) is 10.4 Å². The third-order valence-corrected chi connectivity index (χ3v) is 2.07. The average molecular weight is 209 g/mol. The van der Waals surface area contributed by atoms with Crippen molar-refractivity contribution in [1.82, 2.24) is 0 Å². The topological polar surface area (TPSA) is 112 Å². The van der Waals surface area contributed by atoms with Gasteiger partial charge >= 0.3 is 5.66 Å². The fraction of sp³-hybridized carbons (Fsp3) is 0.222. The molecule has 0 amide bonds. The average Bonchev–Trinajstić information content (AvgIpc) is 2.28. The Morgan fingerprint density at radius 2 is 1.93 bits per heavy atom. The smallest absolute Gasteiger partial charge is 0.323 e. The molecule has 0 radical (unpaired) electrons. The van der Waals surface area contributed by atoms with E-state index in [9.17, 15) is 14.9 Å². The molecule has 0 aromatic heterocycles. The summed E-state index contributed by atoms with van der Waals surface area (Å²) in [6.45, 7) is -0.534. The number of hydrogen-bond donors (Lipinski definition) is 2. The Hall–Kier alpha value is -1.79. The molecule has 1 aromatic rings. The minimum absolute atomic E-state index is 0.183. The predicted molar refractivity (Wildman–Crippen MR) is 53.7 cm³/mol. The van der Waals surface area contributed by atoms with Crippen LogP contribution in [0.5, 0.6) is 0 Å². The Labute approximate surface area is 86.0 Å². The Bertz CT molecular complexity index is 379. The van der Waals surface area contributed by atoms with Crippen molar-refractivity contribution in [1.29, 1.82) is 0 Å². The van der Waals surface area contributed by atoms with Gasteiger partial charge in [0.25, 0.3) is 5.78 Å². The van der Waals surface area contributed by atoms with Gasteiger partial charge in [0.2, 0.25) is 0 Å². The Balaban J connectivity index is 3.08.